The molecule has 1 aliphatic rings. The molecule has 0 amide bonds. The maximum absolute atomic E-state index is 13.5. The minimum absolute atomic E-state index is 0.0281. The maximum Gasteiger partial charge on any atom is 0.339 e. The van der Waals surface area contributed by atoms with Gasteiger partial charge in [-0.05, 0) is 25.0 Å². The minimum Gasteiger partial charge on any atom is -0.478 e. The largest absolute Gasteiger partial charge is 0.478 e. The van der Waals surface area contributed by atoms with E-state index in [-0.39, 0.29) is 16.5 Å². The smallest absolute Gasteiger partial charge is 0.339 e. The molecular weight excluding hydrogens is 295 g/mol. The van der Waals surface area contributed by atoms with Crippen molar-refractivity contribution in [2.45, 2.75) is 31.6 Å². The van der Waals surface area contributed by atoms with Crippen LogP contribution in [0.2, 0.25) is 5.02 Å². The van der Waals surface area contributed by atoms with E-state index >= 15 is 0 Å². The van der Waals surface area contributed by atoms with Crippen LogP contribution in [0.4, 0.5) is 4.39 Å². The van der Waals surface area contributed by atoms with Crippen molar-refractivity contribution >= 4 is 17.6 Å². The van der Waals surface area contributed by atoms with Crippen LogP contribution in [0.3, 0.4) is 0 Å². The van der Waals surface area contributed by atoms with E-state index in [0.717, 1.165) is 25.7 Å². The molecule has 110 valence electrons. The zero-order valence-electron chi connectivity index (χ0n) is 11.2. The Balaban J connectivity index is 2.04. The molecule has 21 heavy (non-hydrogen) atoms. The van der Waals surface area contributed by atoms with Crippen molar-refractivity contribution in [2.75, 3.05) is 0 Å². The highest BCUT2D eigenvalue weighted by molar-refractivity contribution is 6.30. The molecule has 1 aliphatic carbocycles. The van der Waals surface area contributed by atoms with Gasteiger partial charge in [0.05, 0.1) is 16.4 Å². The van der Waals surface area contributed by atoms with E-state index in [0.29, 0.717) is 11.4 Å². The molecule has 6 heteroatoms. The summed E-state index contributed by atoms with van der Waals surface area (Å²) in [6.07, 6.45) is 5.52. The molecule has 0 atom stereocenters. The number of hydrogen-bond acceptors (Lipinski definition) is 2. The summed E-state index contributed by atoms with van der Waals surface area (Å²) in [6.45, 7) is 0. The Morgan fingerprint density at radius 3 is 2.71 bits per heavy atom. The zero-order valence-corrected chi connectivity index (χ0v) is 12.0. The molecule has 1 N–H and O–H groups in total. The number of carboxylic acids is 1. The lowest BCUT2D eigenvalue weighted by molar-refractivity contribution is 0.0695. The van der Waals surface area contributed by atoms with E-state index in [1.165, 1.54) is 23.0 Å². The Morgan fingerprint density at radius 1 is 1.38 bits per heavy atom. The van der Waals surface area contributed by atoms with Crippen molar-refractivity contribution in [1.82, 2.24) is 9.78 Å². The Kier molecular flexibility index (Phi) is 3.68. The molecule has 1 fully saturated rings. The molecule has 1 aromatic heterocycles. The van der Waals surface area contributed by atoms with Crippen LogP contribution in [0.5, 0.6) is 0 Å². The molecule has 0 bridgehead atoms. The van der Waals surface area contributed by atoms with E-state index in [2.05, 4.69) is 5.10 Å². The highest BCUT2D eigenvalue weighted by Gasteiger charge is 2.26. The third kappa shape index (κ3) is 2.65. The third-order valence-corrected chi connectivity index (χ3v) is 4.19. The summed E-state index contributed by atoms with van der Waals surface area (Å²) in [5, 5.41) is 13.7. The summed E-state index contributed by atoms with van der Waals surface area (Å²) in [5.74, 6) is -1.38. The molecule has 0 unspecified atom stereocenters. The number of aromatic nitrogens is 2. The lowest BCUT2D eigenvalue weighted by Crippen LogP contribution is -2.03. The van der Waals surface area contributed by atoms with Crippen molar-refractivity contribution in [3.05, 3.63) is 46.5 Å². The minimum atomic E-state index is -1.00. The molecule has 0 aliphatic heterocycles. The number of benzene rings is 1. The van der Waals surface area contributed by atoms with E-state index in [9.17, 15) is 14.3 Å². The second-order valence-corrected chi connectivity index (χ2v) is 5.66. The van der Waals surface area contributed by atoms with E-state index in [1.54, 1.807) is 6.07 Å². The standard InChI is InChI=1S/C15H14ClFN2O2/c16-12-6-5-10(7-13(12)17)19-8-11(15(20)21)14(18-19)9-3-1-2-4-9/h5-9H,1-4H2,(H,20,21). The Morgan fingerprint density at radius 2 is 2.10 bits per heavy atom. The summed E-state index contributed by atoms with van der Waals surface area (Å²) in [6, 6.07) is 4.30. The normalized spacial score (nSPS) is 15.5. The van der Waals surface area contributed by atoms with Gasteiger partial charge in [0, 0.05) is 18.2 Å². The van der Waals surface area contributed by atoms with Crippen molar-refractivity contribution in [2.24, 2.45) is 0 Å². The van der Waals surface area contributed by atoms with E-state index in [1.807, 2.05) is 0 Å². The summed E-state index contributed by atoms with van der Waals surface area (Å²) >= 11 is 5.66. The quantitative estimate of drug-likeness (QED) is 0.931. The number of aromatic carboxylic acids is 1. The average molecular weight is 309 g/mol. The number of carbonyl (C=O) groups is 1. The first-order valence-electron chi connectivity index (χ1n) is 6.84. The van der Waals surface area contributed by atoms with Crippen molar-refractivity contribution < 1.29 is 14.3 Å². The predicted molar refractivity (Wildman–Crippen MR) is 76.7 cm³/mol. The lowest BCUT2D eigenvalue weighted by atomic mass is 10.0. The van der Waals surface area contributed by atoms with Gasteiger partial charge < -0.3 is 5.11 Å². The average Bonchev–Trinajstić information content (AvgIpc) is 3.09. The molecule has 1 heterocycles. The SMILES string of the molecule is O=C(O)c1cn(-c2ccc(Cl)c(F)c2)nc1C1CCCC1. The van der Waals surface area contributed by atoms with Crippen LogP contribution in [0.1, 0.15) is 47.7 Å². The molecule has 3 rings (SSSR count). The predicted octanol–water partition coefficient (Wildman–Crippen LogP) is 4.02. The fourth-order valence-corrected chi connectivity index (χ4v) is 2.93. The number of nitrogens with zero attached hydrogens (tertiary/aromatic N) is 2. The van der Waals surface area contributed by atoms with Gasteiger partial charge in [-0.3, -0.25) is 0 Å². The molecule has 0 radical (unpaired) electrons. The Bertz CT molecular complexity index is 693. The van der Waals surface area contributed by atoms with Crippen LogP contribution in [0.25, 0.3) is 5.69 Å². The molecule has 4 nitrogen and oxygen atoms in total. The summed E-state index contributed by atoms with van der Waals surface area (Å²) < 4.78 is 15.0. The van der Waals surface area contributed by atoms with Gasteiger partial charge in [-0.2, -0.15) is 5.10 Å². The zero-order chi connectivity index (χ0) is 15.0. The van der Waals surface area contributed by atoms with Crippen molar-refractivity contribution in [1.29, 1.82) is 0 Å². The number of halogens is 2. The van der Waals surface area contributed by atoms with Gasteiger partial charge >= 0.3 is 5.97 Å². The highest BCUT2D eigenvalue weighted by Crippen LogP contribution is 2.35. The van der Waals surface area contributed by atoms with Gasteiger partial charge in [0.25, 0.3) is 0 Å². The van der Waals surface area contributed by atoms with Crippen molar-refractivity contribution in [3.63, 3.8) is 0 Å². The molecule has 0 spiro atoms. The van der Waals surface area contributed by atoms with Crippen LogP contribution in [0, 0.1) is 5.82 Å². The second-order valence-electron chi connectivity index (χ2n) is 5.26. The third-order valence-electron chi connectivity index (χ3n) is 3.88. The second kappa shape index (κ2) is 5.48. The van der Waals surface area contributed by atoms with Gasteiger partial charge in [0.2, 0.25) is 0 Å². The monoisotopic (exact) mass is 308 g/mol. The van der Waals surface area contributed by atoms with Crippen molar-refractivity contribution in [3.8, 4) is 5.69 Å². The molecule has 2 aromatic rings. The van der Waals surface area contributed by atoms with Crippen LogP contribution in [-0.2, 0) is 0 Å². The first-order valence-corrected chi connectivity index (χ1v) is 7.22. The highest BCUT2D eigenvalue weighted by atomic mass is 35.5. The topological polar surface area (TPSA) is 55.1 Å². The van der Waals surface area contributed by atoms with Gasteiger partial charge in [-0.1, -0.05) is 24.4 Å². The lowest BCUT2D eigenvalue weighted by Gasteiger charge is -2.06. The molecular formula is C15H14ClFN2O2. The van der Waals surface area contributed by atoms with E-state index < -0.39 is 11.8 Å². The van der Waals surface area contributed by atoms with Gasteiger partial charge in [-0.15, -0.1) is 0 Å². The van der Waals surface area contributed by atoms with Gasteiger partial charge in [0.15, 0.2) is 0 Å². The fraction of sp³-hybridized carbons (Fsp3) is 0.333. The molecule has 1 saturated carbocycles. The van der Waals surface area contributed by atoms with Gasteiger partial charge in [0.1, 0.15) is 11.4 Å². The van der Waals surface area contributed by atoms with E-state index in [4.69, 9.17) is 11.6 Å². The summed E-state index contributed by atoms with van der Waals surface area (Å²) in [5.41, 5.74) is 1.25. The first kappa shape index (κ1) is 14.1. The van der Waals surface area contributed by atoms with Crippen LogP contribution < -0.4 is 0 Å². The number of hydrogen-bond donors (Lipinski definition) is 1. The molecule has 0 saturated heterocycles. The van der Waals surface area contributed by atoms with Crippen LogP contribution in [0.15, 0.2) is 24.4 Å². The van der Waals surface area contributed by atoms with Crippen LogP contribution in [-0.4, -0.2) is 20.9 Å². The summed E-state index contributed by atoms with van der Waals surface area (Å²) in [4.78, 5) is 11.4. The first-order chi connectivity index (χ1) is 10.1. The Hall–Kier alpha value is -1.88. The fourth-order valence-electron chi connectivity index (χ4n) is 2.81. The number of rotatable bonds is 3. The summed E-state index contributed by atoms with van der Waals surface area (Å²) in [7, 11) is 0. The number of carboxylic acid groups (broad SMARTS) is 1. The maximum atomic E-state index is 13.5. The molecule has 1 aromatic carbocycles. The Labute approximate surface area is 126 Å². The van der Waals surface area contributed by atoms with Gasteiger partial charge in [-0.25, -0.2) is 13.9 Å². The van der Waals surface area contributed by atoms with Crippen LogP contribution >= 0.6 is 11.6 Å².